The van der Waals surface area contributed by atoms with E-state index >= 15 is 0 Å². The third-order valence-electron chi connectivity index (χ3n) is 2.18. The quantitative estimate of drug-likeness (QED) is 0.843. The van der Waals surface area contributed by atoms with Gasteiger partial charge >= 0.3 is 0 Å². The van der Waals surface area contributed by atoms with E-state index in [-0.39, 0.29) is 5.82 Å². The number of rotatable bonds is 4. The van der Waals surface area contributed by atoms with Gasteiger partial charge in [0.15, 0.2) is 6.29 Å². The minimum absolute atomic E-state index is 0.303. The monoisotopic (exact) mass is 248 g/mol. The molecule has 0 saturated carbocycles. The van der Waals surface area contributed by atoms with Gasteiger partial charge < -0.3 is 14.6 Å². The molecular formula is C14H13FO3. The number of hydrogen-bond acceptors (Lipinski definition) is 3. The highest BCUT2D eigenvalue weighted by Gasteiger charge is 2.01. The summed E-state index contributed by atoms with van der Waals surface area (Å²) in [6.45, 7) is 1.53. The molecule has 0 fully saturated rings. The van der Waals surface area contributed by atoms with Crippen molar-refractivity contribution in [1.29, 1.82) is 0 Å². The first kappa shape index (κ1) is 12.4. The molecule has 0 radical (unpaired) electrons. The van der Waals surface area contributed by atoms with E-state index in [1.54, 1.807) is 36.4 Å². The number of aliphatic hydroxyl groups is 1. The van der Waals surface area contributed by atoms with Crippen LogP contribution in [0.2, 0.25) is 0 Å². The number of ether oxygens (including phenoxy) is 2. The lowest BCUT2D eigenvalue weighted by Gasteiger charge is -2.09. The van der Waals surface area contributed by atoms with Crippen molar-refractivity contribution in [2.24, 2.45) is 0 Å². The Morgan fingerprint density at radius 1 is 0.889 bits per heavy atom. The second-order valence-electron chi connectivity index (χ2n) is 3.74. The van der Waals surface area contributed by atoms with E-state index in [9.17, 15) is 4.39 Å². The molecule has 4 heteroatoms. The van der Waals surface area contributed by atoms with E-state index in [2.05, 4.69) is 0 Å². The average molecular weight is 248 g/mol. The van der Waals surface area contributed by atoms with Gasteiger partial charge in [-0.3, -0.25) is 0 Å². The Morgan fingerprint density at radius 3 is 1.83 bits per heavy atom. The van der Waals surface area contributed by atoms with Crippen LogP contribution >= 0.6 is 0 Å². The summed E-state index contributed by atoms with van der Waals surface area (Å²) in [4.78, 5) is 0. The molecule has 1 N–H and O–H groups in total. The second kappa shape index (κ2) is 5.51. The predicted octanol–water partition coefficient (Wildman–Crippen LogP) is 3.34. The highest BCUT2D eigenvalue weighted by Crippen LogP contribution is 2.24. The van der Waals surface area contributed by atoms with Crippen LogP contribution in [-0.4, -0.2) is 11.4 Å². The van der Waals surface area contributed by atoms with Gasteiger partial charge in [-0.1, -0.05) is 0 Å². The zero-order chi connectivity index (χ0) is 13.0. The molecule has 1 atom stereocenters. The van der Waals surface area contributed by atoms with Crippen molar-refractivity contribution in [3.05, 3.63) is 54.3 Å². The van der Waals surface area contributed by atoms with E-state index in [4.69, 9.17) is 14.6 Å². The maximum absolute atomic E-state index is 12.7. The van der Waals surface area contributed by atoms with E-state index < -0.39 is 6.29 Å². The summed E-state index contributed by atoms with van der Waals surface area (Å²) in [5, 5.41) is 9.05. The predicted molar refractivity (Wildman–Crippen MR) is 65.2 cm³/mol. The van der Waals surface area contributed by atoms with Crippen LogP contribution in [0, 0.1) is 5.82 Å². The van der Waals surface area contributed by atoms with Crippen LogP contribution in [-0.2, 0) is 0 Å². The first-order valence-electron chi connectivity index (χ1n) is 5.52. The first-order valence-corrected chi connectivity index (χ1v) is 5.52. The molecule has 2 aromatic rings. The molecule has 18 heavy (non-hydrogen) atoms. The van der Waals surface area contributed by atoms with Crippen molar-refractivity contribution in [2.45, 2.75) is 13.2 Å². The molecule has 1 unspecified atom stereocenters. The third-order valence-corrected chi connectivity index (χ3v) is 2.18. The van der Waals surface area contributed by atoms with Crippen LogP contribution in [0.1, 0.15) is 6.92 Å². The van der Waals surface area contributed by atoms with Gasteiger partial charge in [0.2, 0.25) is 0 Å². The lowest BCUT2D eigenvalue weighted by Crippen LogP contribution is -2.09. The molecule has 0 aliphatic heterocycles. The fourth-order valence-electron chi connectivity index (χ4n) is 1.42. The van der Waals surface area contributed by atoms with E-state index in [1.165, 1.54) is 19.1 Å². The average Bonchev–Trinajstić information content (AvgIpc) is 2.34. The summed E-state index contributed by atoms with van der Waals surface area (Å²) < 4.78 is 23.3. The summed E-state index contributed by atoms with van der Waals surface area (Å²) in [5.74, 6) is 1.42. The summed E-state index contributed by atoms with van der Waals surface area (Å²) >= 11 is 0. The number of aliphatic hydroxyl groups excluding tert-OH is 1. The Labute approximate surface area is 104 Å². The van der Waals surface area contributed by atoms with Gasteiger partial charge in [-0.2, -0.15) is 0 Å². The van der Waals surface area contributed by atoms with Gasteiger partial charge in [0, 0.05) is 0 Å². The van der Waals surface area contributed by atoms with Crippen LogP contribution in [0.15, 0.2) is 48.5 Å². The van der Waals surface area contributed by atoms with Gasteiger partial charge in [0.05, 0.1) is 0 Å². The molecule has 0 heterocycles. The van der Waals surface area contributed by atoms with Gasteiger partial charge in [-0.05, 0) is 55.5 Å². The molecule has 0 saturated heterocycles. The van der Waals surface area contributed by atoms with Gasteiger partial charge in [0.25, 0.3) is 0 Å². The molecule has 94 valence electrons. The molecule has 2 rings (SSSR count). The zero-order valence-corrected chi connectivity index (χ0v) is 9.84. The number of benzene rings is 2. The Bertz CT molecular complexity index is 491. The van der Waals surface area contributed by atoms with E-state index in [0.717, 1.165) is 0 Å². The van der Waals surface area contributed by atoms with E-state index in [1.807, 2.05) is 0 Å². The first-order chi connectivity index (χ1) is 8.63. The van der Waals surface area contributed by atoms with Crippen molar-refractivity contribution in [3.63, 3.8) is 0 Å². The Kier molecular flexibility index (Phi) is 3.79. The van der Waals surface area contributed by atoms with Crippen molar-refractivity contribution >= 4 is 0 Å². The number of hydrogen-bond donors (Lipinski definition) is 1. The highest BCUT2D eigenvalue weighted by molar-refractivity contribution is 5.35. The van der Waals surface area contributed by atoms with Crippen molar-refractivity contribution in [2.75, 3.05) is 0 Å². The Morgan fingerprint density at radius 2 is 1.33 bits per heavy atom. The molecule has 3 nitrogen and oxygen atoms in total. The lowest BCUT2D eigenvalue weighted by molar-refractivity contribution is -0.000322. The van der Waals surface area contributed by atoms with Crippen LogP contribution in [0.3, 0.4) is 0 Å². The molecule has 0 aromatic heterocycles. The van der Waals surface area contributed by atoms with Crippen molar-refractivity contribution in [1.82, 2.24) is 0 Å². The van der Waals surface area contributed by atoms with Crippen LogP contribution in [0.4, 0.5) is 4.39 Å². The van der Waals surface area contributed by atoms with Crippen molar-refractivity contribution in [3.8, 4) is 17.2 Å². The van der Waals surface area contributed by atoms with Crippen LogP contribution in [0.25, 0.3) is 0 Å². The zero-order valence-electron chi connectivity index (χ0n) is 9.84. The molecular weight excluding hydrogens is 235 g/mol. The van der Waals surface area contributed by atoms with Gasteiger partial charge in [0.1, 0.15) is 23.1 Å². The minimum Gasteiger partial charge on any atom is -0.465 e. The fourth-order valence-corrected chi connectivity index (χ4v) is 1.42. The van der Waals surface area contributed by atoms with Crippen LogP contribution in [0.5, 0.6) is 17.2 Å². The smallest absolute Gasteiger partial charge is 0.194 e. The molecule has 0 bridgehead atoms. The molecule has 0 aliphatic carbocycles. The molecule has 0 amide bonds. The minimum atomic E-state index is -0.853. The van der Waals surface area contributed by atoms with Gasteiger partial charge in [-0.15, -0.1) is 0 Å². The summed E-state index contributed by atoms with van der Waals surface area (Å²) in [7, 11) is 0. The second-order valence-corrected chi connectivity index (χ2v) is 3.74. The van der Waals surface area contributed by atoms with Crippen LogP contribution < -0.4 is 9.47 Å². The molecule has 0 aliphatic rings. The third kappa shape index (κ3) is 3.46. The lowest BCUT2D eigenvalue weighted by atomic mass is 10.3. The maximum atomic E-state index is 12.7. The summed E-state index contributed by atoms with van der Waals surface area (Å²) in [6.07, 6.45) is -0.853. The fraction of sp³-hybridized carbons (Fsp3) is 0.143. The topological polar surface area (TPSA) is 38.7 Å². The molecule has 0 spiro atoms. The Hall–Kier alpha value is -2.07. The normalized spacial score (nSPS) is 11.9. The Balaban J connectivity index is 2.04. The standard InChI is InChI=1S/C14H13FO3/c1-10(16)17-12-6-8-14(9-7-12)18-13-4-2-11(15)3-5-13/h2-10,16H,1H3. The summed E-state index contributed by atoms with van der Waals surface area (Å²) in [6, 6.07) is 12.6. The van der Waals surface area contributed by atoms with E-state index in [0.29, 0.717) is 17.2 Å². The maximum Gasteiger partial charge on any atom is 0.194 e. The molecule has 2 aromatic carbocycles. The van der Waals surface area contributed by atoms with Crippen molar-refractivity contribution < 1.29 is 19.0 Å². The van der Waals surface area contributed by atoms with Gasteiger partial charge in [-0.25, -0.2) is 4.39 Å². The largest absolute Gasteiger partial charge is 0.465 e. The summed E-state index contributed by atoms with van der Waals surface area (Å²) in [5.41, 5.74) is 0. The SMILES string of the molecule is CC(O)Oc1ccc(Oc2ccc(F)cc2)cc1. The highest BCUT2D eigenvalue weighted by atomic mass is 19.1. The number of halogens is 1.